The minimum Gasteiger partial charge on any atom is -0.507 e. The number of carbonyl (C=O) groups excluding carboxylic acids is 1. The largest absolute Gasteiger partial charge is 0.507 e. The summed E-state index contributed by atoms with van der Waals surface area (Å²) in [5, 5.41) is 18.7. The van der Waals surface area contributed by atoms with Gasteiger partial charge in [0.2, 0.25) is 0 Å². The summed E-state index contributed by atoms with van der Waals surface area (Å²) in [6, 6.07) is 3.04. The third kappa shape index (κ3) is 2.24. The van der Waals surface area contributed by atoms with E-state index in [0.717, 1.165) is 31.0 Å². The molecular weight excluding hydrogens is 225 g/mol. The number of aliphatic hydroxyl groups is 1. The summed E-state index contributed by atoms with van der Waals surface area (Å²) >= 11 is 0. The number of aliphatic hydroxyl groups excluding tert-OH is 1. The molecule has 1 atom stereocenters. The van der Waals surface area contributed by atoms with E-state index in [1.54, 1.807) is 0 Å². The smallest absolute Gasteiger partial charge is 0.258 e. The Hall–Kier alpha value is -1.62. The molecule has 2 rings (SSSR count). The summed E-state index contributed by atoms with van der Waals surface area (Å²) in [7, 11) is 0. The lowest BCUT2D eigenvalue weighted by atomic mass is 10.1. The lowest BCUT2D eigenvalue weighted by Gasteiger charge is -2.23. The van der Waals surface area contributed by atoms with Crippen LogP contribution in [0.4, 0.5) is 4.39 Å². The van der Waals surface area contributed by atoms with Gasteiger partial charge in [-0.1, -0.05) is 0 Å². The number of carbonyl (C=O) groups is 1. The predicted octanol–water partition coefficient (Wildman–Crippen LogP) is 1.13. The molecule has 4 nitrogen and oxygen atoms in total. The maximum Gasteiger partial charge on any atom is 0.258 e. The number of phenols is 1. The minimum absolute atomic E-state index is 0.0506. The maximum atomic E-state index is 13.0. The van der Waals surface area contributed by atoms with E-state index in [-0.39, 0.29) is 24.0 Å². The van der Waals surface area contributed by atoms with Crippen LogP contribution >= 0.6 is 0 Å². The van der Waals surface area contributed by atoms with Crippen molar-refractivity contribution in [1.29, 1.82) is 0 Å². The molecule has 0 spiro atoms. The Morgan fingerprint density at radius 3 is 3.00 bits per heavy atom. The third-order valence-corrected chi connectivity index (χ3v) is 3.04. The van der Waals surface area contributed by atoms with Crippen LogP contribution in [-0.2, 0) is 0 Å². The first-order chi connectivity index (χ1) is 8.13. The molecule has 0 aliphatic carbocycles. The molecule has 0 bridgehead atoms. The predicted molar refractivity (Wildman–Crippen MR) is 59.2 cm³/mol. The summed E-state index contributed by atoms with van der Waals surface area (Å²) in [4.78, 5) is 13.6. The van der Waals surface area contributed by atoms with Gasteiger partial charge >= 0.3 is 0 Å². The van der Waals surface area contributed by atoms with Gasteiger partial charge in [-0.3, -0.25) is 4.79 Å². The average Bonchev–Trinajstić information content (AvgIpc) is 2.79. The molecule has 0 aromatic heterocycles. The van der Waals surface area contributed by atoms with Crippen LogP contribution in [0.15, 0.2) is 18.2 Å². The molecule has 1 aromatic rings. The molecule has 0 unspecified atom stereocenters. The van der Waals surface area contributed by atoms with Crippen molar-refractivity contribution in [2.45, 2.75) is 18.9 Å². The van der Waals surface area contributed by atoms with Crippen LogP contribution in [0.2, 0.25) is 0 Å². The van der Waals surface area contributed by atoms with Gasteiger partial charge in [-0.25, -0.2) is 4.39 Å². The highest BCUT2D eigenvalue weighted by Gasteiger charge is 2.30. The van der Waals surface area contributed by atoms with Crippen molar-refractivity contribution in [2.24, 2.45) is 0 Å². The molecule has 92 valence electrons. The number of rotatable bonds is 2. The van der Waals surface area contributed by atoms with E-state index in [1.807, 2.05) is 0 Å². The number of halogens is 1. The summed E-state index contributed by atoms with van der Waals surface area (Å²) < 4.78 is 13.0. The van der Waals surface area contributed by atoms with Crippen LogP contribution in [0.25, 0.3) is 0 Å². The van der Waals surface area contributed by atoms with Gasteiger partial charge in [0.25, 0.3) is 5.91 Å². The van der Waals surface area contributed by atoms with Crippen molar-refractivity contribution in [1.82, 2.24) is 4.90 Å². The molecule has 5 heteroatoms. The van der Waals surface area contributed by atoms with E-state index in [9.17, 15) is 14.3 Å². The second-order valence-corrected chi connectivity index (χ2v) is 4.14. The number of hydrogen-bond acceptors (Lipinski definition) is 3. The van der Waals surface area contributed by atoms with Crippen molar-refractivity contribution < 1.29 is 19.4 Å². The fourth-order valence-corrected chi connectivity index (χ4v) is 2.13. The van der Waals surface area contributed by atoms with Crippen molar-refractivity contribution in [2.75, 3.05) is 13.2 Å². The summed E-state index contributed by atoms with van der Waals surface area (Å²) in [5.74, 6) is -1.23. The van der Waals surface area contributed by atoms with Crippen LogP contribution in [-0.4, -0.2) is 40.2 Å². The number of phenolic OH excluding ortho intramolecular Hbond substituents is 1. The lowest BCUT2D eigenvalue weighted by Crippen LogP contribution is -2.37. The third-order valence-electron chi connectivity index (χ3n) is 3.04. The molecule has 1 amide bonds. The van der Waals surface area contributed by atoms with Gasteiger partial charge in [-0.2, -0.15) is 0 Å². The highest BCUT2D eigenvalue weighted by atomic mass is 19.1. The highest BCUT2D eigenvalue weighted by Crippen LogP contribution is 2.24. The van der Waals surface area contributed by atoms with E-state index < -0.39 is 11.7 Å². The molecule has 2 N–H and O–H groups in total. The zero-order valence-electron chi connectivity index (χ0n) is 9.27. The Morgan fingerprint density at radius 1 is 1.53 bits per heavy atom. The first-order valence-electron chi connectivity index (χ1n) is 5.54. The quantitative estimate of drug-likeness (QED) is 0.813. The standard InChI is InChI=1S/C12H14FNO3/c13-8-3-4-11(16)10(6-8)12(17)14-5-1-2-9(14)7-15/h3-4,6,9,15-16H,1-2,5,7H2/t9-/m0/s1. The molecule has 1 aromatic carbocycles. The summed E-state index contributed by atoms with van der Waals surface area (Å²) in [6.07, 6.45) is 1.55. The first-order valence-corrected chi connectivity index (χ1v) is 5.54. The number of aromatic hydroxyl groups is 1. The molecule has 0 radical (unpaired) electrons. The molecule has 1 heterocycles. The maximum absolute atomic E-state index is 13.0. The molecule has 1 aliphatic rings. The van der Waals surface area contributed by atoms with Gasteiger partial charge in [0.15, 0.2) is 0 Å². The Morgan fingerprint density at radius 2 is 2.29 bits per heavy atom. The fourth-order valence-electron chi connectivity index (χ4n) is 2.13. The number of hydrogen-bond donors (Lipinski definition) is 2. The van der Waals surface area contributed by atoms with E-state index in [1.165, 1.54) is 4.90 Å². The second kappa shape index (κ2) is 4.71. The van der Waals surface area contributed by atoms with E-state index in [0.29, 0.717) is 6.54 Å². The fraction of sp³-hybridized carbons (Fsp3) is 0.417. The number of likely N-dealkylation sites (tertiary alicyclic amines) is 1. The van der Waals surface area contributed by atoms with Crippen molar-refractivity contribution >= 4 is 5.91 Å². The van der Waals surface area contributed by atoms with Crippen LogP contribution in [0.1, 0.15) is 23.2 Å². The molecule has 17 heavy (non-hydrogen) atoms. The van der Waals surface area contributed by atoms with Gasteiger partial charge in [-0.05, 0) is 31.0 Å². The van der Waals surface area contributed by atoms with Crippen LogP contribution < -0.4 is 0 Å². The zero-order valence-corrected chi connectivity index (χ0v) is 9.27. The number of amides is 1. The minimum atomic E-state index is -0.564. The van der Waals surface area contributed by atoms with E-state index >= 15 is 0 Å². The average molecular weight is 239 g/mol. The van der Waals surface area contributed by atoms with Gasteiger partial charge in [0.1, 0.15) is 11.6 Å². The molecule has 1 saturated heterocycles. The van der Waals surface area contributed by atoms with Crippen molar-refractivity contribution in [3.05, 3.63) is 29.6 Å². The van der Waals surface area contributed by atoms with E-state index in [2.05, 4.69) is 0 Å². The van der Waals surface area contributed by atoms with Crippen molar-refractivity contribution in [3.8, 4) is 5.75 Å². The number of nitrogens with zero attached hydrogens (tertiary/aromatic N) is 1. The Labute approximate surface area is 98.3 Å². The Balaban J connectivity index is 2.27. The van der Waals surface area contributed by atoms with E-state index in [4.69, 9.17) is 5.11 Å². The molecule has 1 aliphatic heterocycles. The Kier molecular flexibility index (Phi) is 3.28. The summed E-state index contributed by atoms with van der Waals surface area (Å²) in [5.41, 5.74) is -0.0506. The highest BCUT2D eigenvalue weighted by molar-refractivity contribution is 5.97. The number of benzene rings is 1. The van der Waals surface area contributed by atoms with Crippen molar-refractivity contribution in [3.63, 3.8) is 0 Å². The van der Waals surface area contributed by atoms with Gasteiger partial charge < -0.3 is 15.1 Å². The first kappa shape index (κ1) is 11.9. The van der Waals surface area contributed by atoms with Gasteiger partial charge in [-0.15, -0.1) is 0 Å². The molecule has 1 fully saturated rings. The normalized spacial score (nSPS) is 19.6. The zero-order chi connectivity index (χ0) is 12.4. The SMILES string of the molecule is O=C(c1cc(F)ccc1O)N1CCC[C@H]1CO. The van der Waals surface area contributed by atoms with Gasteiger partial charge in [0.05, 0.1) is 18.2 Å². The van der Waals surface area contributed by atoms with Gasteiger partial charge in [0, 0.05) is 6.54 Å². The Bertz CT molecular complexity index is 436. The van der Waals surface area contributed by atoms with Crippen LogP contribution in [0.3, 0.4) is 0 Å². The second-order valence-electron chi connectivity index (χ2n) is 4.14. The van der Waals surface area contributed by atoms with Crippen LogP contribution in [0.5, 0.6) is 5.75 Å². The molecular formula is C12H14FNO3. The van der Waals surface area contributed by atoms with Crippen LogP contribution in [0, 0.1) is 5.82 Å². The summed E-state index contributed by atoms with van der Waals surface area (Å²) in [6.45, 7) is 0.418. The monoisotopic (exact) mass is 239 g/mol. The molecule has 0 saturated carbocycles. The topological polar surface area (TPSA) is 60.8 Å². The lowest BCUT2D eigenvalue weighted by molar-refractivity contribution is 0.0674.